The number of carbonyl (C=O) groups excluding carboxylic acids is 4. The number of aromatic nitrogens is 3. The highest BCUT2D eigenvalue weighted by molar-refractivity contribution is 6.06. The second-order valence-corrected chi connectivity index (χ2v) is 11.6. The molecule has 0 saturated carbocycles. The maximum absolute atomic E-state index is 13.6. The van der Waals surface area contributed by atoms with Crippen LogP contribution in [0.5, 0.6) is 11.5 Å². The lowest BCUT2D eigenvalue weighted by atomic mass is 9.96. The monoisotopic (exact) mass is 672 g/mol. The van der Waals surface area contributed by atoms with Crippen LogP contribution in [0.15, 0.2) is 66.6 Å². The highest BCUT2D eigenvalue weighted by Crippen LogP contribution is 2.39. The Bertz CT molecular complexity index is 2020. The summed E-state index contributed by atoms with van der Waals surface area (Å²) in [6.45, 7) is 0.727. The Morgan fingerprint density at radius 2 is 1.80 bits per heavy atom. The van der Waals surface area contributed by atoms with Crippen LogP contribution in [-0.2, 0) is 40.4 Å². The van der Waals surface area contributed by atoms with Crippen molar-refractivity contribution in [2.45, 2.75) is 18.4 Å². The van der Waals surface area contributed by atoms with E-state index in [-0.39, 0.29) is 24.0 Å². The number of hydrogen-bond acceptors (Lipinski definition) is 14. The van der Waals surface area contributed by atoms with Crippen LogP contribution in [0.25, 0.3) is 22.2 Å². The Kier molecular flexibility index (Phi) is 8.90. The van der Waals surface area contributed by atoms with Crippen molar-refractivity contribution in [2.24, 2.45) is 7.05 Å². The van der Waals surface area contributed by atoms with Gasteiger partial charge in [-0.3, -0.25) is 14.4 Å². The van der Waals surface area contributed by atoms with Gasteiger partial charge in [-0.05, 0) is 32.3 Å². The second kappa shape index (κ2) is 13.2. The lowest BCUT2D eigenvalue weighted by Crippen LogP contribution is -2.43. The lowest BCUT2D eigenvalue weighted by Gasteiger charge is -2.23. The minimum Gasteiger partial charge on any atom is -0.494 e. The van der Waals surface area contributed by atoms with E-state index in [0.717, 1.165) is 16.5 Å². The van der Waals surface area contributed by atoms with Crippen LogP contribution in [0.3, 0.4) is 0 Å². The van der Waals surface area contributed by atoms with Crippen LogP contribution in [-0.4, -0.2) is 88.3 Å². The molecule has 49 heavy (non-hydrogen) atoms. The number of methoxy groups -OCH3 is 1. The zero-order chi connectivity index (χ0) is 34.9. The van der Waals surface area contributed by atoms with Gasteiger partial charge < -0.3 is 48.9 Å². The zero-order valence-electron chi connectivity index (χ0n) is 26.9. The minimum absolute atomic E-state index is 0.0613. The summed E-state index contributed by atoms with van der Waals surface area (Å²) >= 11 is 0. The third kappa shape index (κ3) is 6.86. The van der Waals surface area contributed by atoms with Crippen molar-refractivity contribution in [3.63, 3.8) is 0 Å². The van der Waals surface area contributed by atoms with Crippen LogP contribution >= 0.6 is 0 Å². The highest BCUT2D eigenvalue weighted by Gasteiger charge is 2.50. The summed E-state index contributed by atoms with van der Waals surface area (Å²) in [6.07, 6.45) is 1.76. The fraction of sp³-hybridized carbons (Fsp3) is 0.273. The van der Waals surface area contributed by atoms with E-state index in [2.05, 4.69) is 15.6 Å². The summed E-state index contributed by atoms with van der Waals surface area (Å²) in [4.78, 5) is 62.0. The summed E-state index contributed by atoms with van der Waals surface area (Å²) in [7, 11) is 7.12. The summed E-state index contributed by atoms with van der Waals surface area (Å²) < 4.78 is 28.7. The number of aliphatic hydroxyl groups is 1. The van der Waals surface area contributed by atoms with Crippen molar-refractivity contribution in [1.29, 1.82) is 0 Å². The van der Waals surface area contributed by atoms with E-state index in [1.807, 2.05) is 61.1 Å². The third-order valence-corrected chi connectivity index (χ3v) is 7.67. The van der Waals surface area contributed by atoms with Gasteiger partial charge >= 0.3 is 23.9 Å². The highest BCUT2D eigenvalue weighted by atomic mass is 16.7. The number of amides is 1. The Balaban J connectivity index is 1.36. The summed E-state index contributed by atoms with van der Waals surface area (Å²) in [5.41, 5.74) is 0.463. The first-order valence-electron chi connectivity index (χ1n) is 15.0. The first-order chi connectivity index (χ1) is 23.4. The fourth-order valence-corrected chi connectivity index (χ4v) is 5.24. The molecule has 0 radical (unpaired) electrons. The van der Waals surface area contributed by atoms with Gasteiger partial charge in [-0.25, -0.2) is 14.8 Å². The maximum Gasteiger partial charge on any atom is 0.347 e. The molecule has 2 aromatic heterocycles. The number of esters is 3. The van der Waals surface area contributed by atoms with Crippen molar-refractivity contribution < 1.29 is 48.0 Å². The molecule has 2 aliphatic rings. The van der Waals surface area contributed by atoms with Crippen LogP contribution in [0, 0.1) is 0 Å². The SMILES string of the molecule is COc1cc(OCCN(C)C)c(NC(=O)/C2=C3\OC(=O)CC(O)(CC(=O)O2)C(=O)O3)cc1Nc1nccc(-c2cn(C)c3ccccc23)n1. The van der Waals surface area contributed by atoms with Gasteiger partial charge in [0.25, 0.3) is 11.7 Å². The summed E-state index contributed by atoms with van der Waals surface area (Å²) in [5.74, 6) is -5.96. The smallest absolute Gasteiger partial charge is 0.347 e. The zero-order valence-corrected chi connectivity index (χ0v) is 26.9. The maximum atomic E-state index is 13.6. The van der Waals surface area contributed by atoms with Gasteiger partial charge in [-0.15, -0.1) is 0 Å². The molecular formula is C33H32N6O10. The lowest BCUT2D eigenvalue weighted by molar-refractivity contribution is -0.172. The van der Waals surface area contributed by atoms with E-state index in [1.54, 1.807) is 12.3 Å². The number of anilines is 3. The van der Waals surface area contributed by atoms with Crippen LogP contribution in [0.4, 0.5) is 17.3 Å². The van der Waals surface area contributed by atoms with Crippen LogP contribution < -0.4 is 20.1 Å². The molecule has 2 aliphatic heterocycles. The first kappa shape index (κ1) is 32.9. The number of ether oxygens (including phenoxy) is 5. The number of nitrogens with one attached hydrogen (secondary N) is 2. The molecule has 254 valence electrons. The molecule has 2 aromatic carbocycles. The van der Waals surface area contributed by atoms with E-state index < -0.39 is 54.0 Å². The van der Waals surface area contributed by atoms with Gasteiger partial charge in [0.2, 0.25) is 5.95 Å². The molecule has 2 bridgehead atoms. The van der Waals surface area contributed by atoms with Crippen LogP contribution in [0.1, 0.15) is 12.8 Å². The number of likely N-dealkylation sites (N-methyl/N-ethyl adjacent to an activating group) is 1. The molecule has 1 unspecified atom stereocenters. The summed E-state index contributed by atoms with van der Waals surface area (Å²) in [5, 5.41) is 17.2. The molecule has 4 aromatic rings. The number of rotatable bonds is 10. The molecule has 6 rings (SSSR count). The first-order valence-corrected chi connectivity index (χ1v) is 15.0. The predicted octanol–water partition coefficient (Wildman–Crippen LogP) is 2.60. The standard InChI is InChI=1S/C33H32N6O10/c1-38(2)11-12-46-25-14-24(45-4)21(37-32-34-10-9-20(36-32)19-17-39(3)23-8-6-5-7-18(19)23)13-22(25)35-29(42)28-30-48-27(41)16-33(44,31(43)49-30)15-26(40)47-28/h5-10,13-14,17,44H,11-12,15-16H2,1-4H3,(H,35,42)(H,34,36,37)/b30-28-. The molecule has 16 heteroatoms. The van der Waals surface area contributed by atoms with E-state index in [1.165, 1.54) is 19.2 Å². The molecule has 0 aliphatic carbocycles. The van der Waals surface area contributed by atoms with Crippen molar-refractivity contribution in [3.8, 4) is 22.8 Å². The molecule has 1 saturated heterocycles. The van der Waals surface area contributed by atoms with Gasteiger partial charge in [0, 0.05) is 48.5 Å². The number of cyclic esters (lactones) is 1. The van der Waals surface area contributed by atoms with Gasteiger partial charge in [0.1, 0.15) is 18.1 Å². The molecule has 16 nitrogen and oxygen atoms in total. The van der Waals surface area contributed by atoms with E-state index in [0.29, 0.717) is 23.7 Å². The average Bonchev–Trinajstić information content (AvgIpc) is 3.36. The average molecular weight is 673 g/mol. The number of nitrogens with zero attached hydrogens (tertiary/aromatic N) is 4. The Labute approximate surface area is 279 Å². The molecule has 4 heterocycles. The van der Waals surface area contributed by atoms with Gasteiger partial charge in [-0.2, -0.15) is 0 Å². The number of carbonyl (C=O) groups is 4. The van der Waals surface area contributed by atoms with Crippen molar-refractivity contribution >= 4 is 52.0 Å². The largest absolute Gasteiger partial charge is 0.494 e. The Hall–Kier alpha value is -6.00. The topological polar surface area (TPSA) is 193 Å². The molecule has 1 fully saturated rings. The number of para-hydroxylation sites is 1. The Morgan fingerprint density at radius 1 is 1.04 bits per heavy atom. The van der Waals surface area contributed by atoms with E-state index in [9.17, 15) is 24.3 Å². The fourth-order valence-electron chi connectivity index (χ4n) is 5.24. The van der Waals surface area contributed by atoms with Gasteiger partial charge in [0.15, 0.2) is 5.60 Å². The third-order valence-electron chi connectivity index (χ3n) is 7.67. The molecule has 3 N–H and O–H groups in total. The molecule has 1 atom stereocenters. The van der Waals surface area contributed by atoms with Gasteiger partial charge in [0.05, 0.1) is 37.0 Å². The number of benzene rings is 2. The summed E-state index contributed by atoms with van der Waals surface area (Å²) in [6, 6.07) is 12.7. The van der Waals surface area contributed by atoms with E-state index >= 15 is 0 Å². The number of hydrogen-bond donors (Lipinski definition) is 3. The van der Waals surface area contributed by atoms with Crippen LogP contribution in [0.2, 0.25) is 0 Å². The second-order valence-electron chi connectivity index (χ2n) is 11.6. The van der Waals surface area contributed by atoms with Crippen molar-refractivity contribution in [3.05, 3.63) is 66.6 Å². The van der Waals surface area contributed by atoms with Crippen molar-refractivity contribution in [2.75, 3.05) is 45.0 Å². The molecule has 0 spiro atoms. The predicted molar refractivity (Wildman–Crippen MR) is 172 cm³/mol. The van der Waals surface area contributed by atoms with Crippen molar-refractivity contribution in [1.82, 2.24) is 19.4 Å². The normalized spacial score (nSPS) is 19.0. The molecular weight excluding hydrogens is 640 g/mol. The Morgan fingerprint density at radius 3 is 2.55 bits per heavy atom. The van der Waals surface area contributed by atoms with Gasteiger partial charge in [-0.1, -0.05) is 18.2 Å². The number of fused-ring (bicyclic) bond motifs is 4. The quantitative estimate of drug-likeness (QED) is 0.208. The number of aryl methyl sites for hydroxylation is 1. The molecule has 1 amide bonds. The minimum atomic E-state index is -2.51. The van der Waals surface area contributed by atoms with E-state index in [4.69, 9.17) is 28.7 Å².